The Kier molecular flexibility index (Phi) is 5.48. The number of aliphatic hydroxyl groups is 1. The molecular weight excluding hydrogens is 401 g/mol. The number of piperidine rings is 1. The highest BCUT2D eigenvalue weighted by atomic mass is 19.1. The van der Waals surface area contributed by atoms with Crippen LogP contribution in [0.25, 0.3) is 11.3 Å². The number of nitrogens with one attached hydrogen (secondary N) is 1. The van der Waals surface area contributed by atoms with Gasteiger partial charge >= 0.3 is 0 Å². The summed E-state index contributed by atoms with van der Waals surface area (Å²) >= 11 is 0. The fourth-order valence-electron chi connectivity index (χ4n) is 4.13. The SMILES string of the molecule is O[C@@H]1CN(Cc2cn[nH]c2-c2cccc(F)c2)CC[C@H]1Oc1cccc2c1OCCO2. The Bertz CT molecular complexity index is 1060. The average molecular weight is 425 g/mol. The number of aliphatic hydroxyl groups excluding tert-OH is 1. The Morgan fingerprint density at radius 3 is 2.94 bits per heavy atom. The van der Waals surface area contributed by atoms with E-state index in [1.807, 2.05) is 24.3 Å². The maximum absolute atomic E-state index is 13.6. The second-order valence-electron chi connectivity index (χ2n) is 7.81. The van der Waals surface area contributed by atoms with E-state index in [-0.39, 0.29) is 11.9 Å². The molecule has 1 saturated heterocycles. The summed E-state index contributed by atoms with van der Waals surface area (Å²) in [6.07, 6.45) is 1.43. The molecule has 31 heavy (non-hydrogen) atoms. The first-order valence-electron chi connectivity index (χ1n) is 10.4. The van der Waals surface area contributed by atoms with Crippen LogP contribution in [0.1, 0.15) is 12.0 Å². The molecule has 7 nitrogen and oxygen atoms in total. The van der Waals surface area contributed by atoms with E-state index in [0.29, 0.717) is 50.0 Å². The minimum absolute atomic E-state index is 0.288. The lowest BCUT2D eigenvalue weighted by Crippen LogP contribution is -2.48. The second kappa shape index (κ2) is 8.56. The van der Waals surface area contributed by atoms with E-state index in [2.05, 4.69) is 15.1 Å². The molecule has 1 aromatic heterocycles. The first kappa shape index (κ1) is 19.8. The van der Waals surface area contributed by atoms with Crippen LogP contribution in [0.4, 0.5) is 4.39 Å². The van der Waals surface area contributed by atoms with E-state index >= 15 is 0 Å². The number of ether oxygens (including phenoxy) is 3. The summed E-state index contributed by atoms with van der Waals surface area (Å²) in [5.41, 5.74) is 2.50. The molecule has 2 aliphatic rings. The van der Waals surface area contributed by atoms with Crippen molar-refractivity contribution in [1.82, 2.24) is 15.1 Å². The van der Waals surface area contributed by atoms with E-state index in [4.69, 9.17) is 14.2 Å². The van der Waals surface area contributed by atoms with E-state index in [9.17, 15) is 9.50 Å². The molecule has 0 radical (unpaired) electrons. The quantitative estimate of drug-likeness (QED) is 0.654. The average Bonchev–Trinajstić information content (AvgIpc) is 3.24. The zero-order valence-electron chi connectivity index (χ0n) is 17.0. The molecule has 162 valence electrons. The largest absolute Gasteiger partial charge is 0.486 e. The molecule has 2 N–H and O–H groups in total. The summed E-state index contributed by atoms with van der Waals surface area (Å²) in [6.45, 7) is 2.81. The van der Waals surface area contributed by atoms with Crippen molar-refractivity contribution in [2.24, 2.45) is 0 Å². The van der Waals surface area contributed by atoms with Crippen LogP contribution >= 0.6 is 0 Å². The monoisotopic (exact) mass is 425 g/mol. The number of para-hydroxylation sites is 1. The predicted octanol–water partition coefficient (Wildman–Crippen LogP) is 3.00. The third-order valence-corrected chi connectivity index (χ3v) is 5.64. The van der Waals surface area contributed by atoms with Gasteiger partial charge in [-0.3, -0.25) is 10.00 Å². The number of H-pyrrole nitrogens is 1. The van der Waals surface area contributed by atoms with Gasteiger partial charge in [0.2, 0.25) is 5.75 Å². The number of hydrogen-bond acceptors (Lipinski definition) is 6. The van der Waals surface area contributed by atoms with Gasteiger partial charge in [0.05, 0.1) is 11.9 Å². The molecule has 3 heterocycles. The van der Waals surface area contributed by atoms with Gasteiger partial charge in [0, 0.05) is 30.8 Å². The van der Waals surface area contributed by atoms with Gasteiger partial charge in [-0.2, -0.15) is 5.10 Å². The lowest BCUT2D eigenvalue weighted by molar-refractivity contribution is -0.0290. The molecule has 2 aromatic carbocycles. The highest BCUT2D eigenvalue weighted by Crippen LogP contribution is 2.40. The molecule has 3 aromatic rings. The summed E-state index contributed by atoms with van der Waals surface area (Å²) in [5.74, 6) is 1.57. The van der Waals surface area contributed by atoms with Crippen molar-refractivity contribution in [3.05, 3.63) is 60.0 Å². The number of fused-ring (bicyclic) bond motifs is 1. The molecular formula is C23H24FN3O4. The molecule has 0 amide bonds. The number of likely N-dealkylation sites (tertiary alicyclic amines) is 1. The maximum Gasteiger partial charge on any atom is 0.203 e. The van der Waals surface area contributed by atoms with Gasteiger partial charge in [0.25, 0.3) is 0 Å². The number of benzene rings is 2. The molecule has 2 aliphatic heterocycles. The van der Waals surface area contributed by atoms with Crippen molar-refractivity contribution in [2.75, 3.05) is 26.3 Å². The van der Waals surface area contributed by atoms with Crippen LogP contribution in [0, 0.1) is 5.82 Å². The molecule has 0 bridgehead atoms. The Morgan fingerprint density at radius 1 is 1.19 bits per heavy atom. The summed E-state index contributed by atoms with van der Waals surface area (Å²) < 4.78 is 31.0. The number of rotatable bonds is 5. The summed E-state index contributed by atoms with van der Waals surface area (Å²) in [7, 11) is 0. The van der Waals surface area contributed by atoms with Crippen LogP contribution in [0.2, 0.25) is 0 Å². The van der Waals surface area contributed by atoms with E-state index in [1.54, 1.807) is 12.3 Å². The first-order valence-corrected chi connectivity index (χ1v) is 10.4. The van der Waals surface area contributed by atoms with Gasteiger partial charge in [0.1, 0.15) is 31.2 Å². The fraction of sp³-hybridized carbons (Fsp3) is 0.348. The third kappa shape index (κ3) is 4.22. The van der Waals surface area contributed by atoms with Crippen LogP contribution in [0.3, 0.4) is 0 Å². The van der Waals surface area contributed by atoms with Crippen molar-refractivity contribution in [2.45, 2.75) is 25.2 Å². The van der Waals surface area contributed by atoms with E-state index in [1.165, 1.54) is 12.1 Å². The van der Waals surface area contributed by atoms with E-state index in [0.717, 1.165) is 23.4 Å². The number of β-amino-alcohol motifs (C(OH)–C–C–N with tert-alkyl or cyclic N) is 1. The van der Waals surface area contributed by atoms with Crippen LogP contribution in [0.5, 0.6) is 17.2 Å². The van der Waals surface area contributed by atoms with Gasteiger partial charge in [-0.25, -0.2) is 4.39 Å². The summed E-state index contributed by atoms with van der Waals surface area (Å²) in [5, 5.41) is 17.8. The number of aromatic nitrogens is 2. The zero-order chi connectivity index (χ0) is 21.2. The Morgan fingerprint density at radius 2 is 2.06 bits per heavy atom. The van der Waals surface area contributed by atoms with Crippen molar-refractivity contribution in [1.29, 1.82) is 0 Å². The molecule has 1 fully saturated rings. The molecule has 0 saturated carbocycles. The normalized spacial score (nSPS) is 21.1. The fourth-order valence-corrected chi connectivity index (χ4v) is 4.13. The van der Waals surface area contributed by atoms with Crippen molar-refractivity contribution in [3.63, 3.8) is 0 Å². The van der Waals surface area contributed by atoms with Crippen LogP contribution in [0.15, 0.2) is 48.7 Å². The molecule has 0 unspecified atom stereocenters. The highest BCUT2D eigenvalue weighted by molar-refractivity contribution is 5.62. The highest BCUT2D eigenvalue weighted by Gasteiger charge is 2.31. The Balaban J connectivity index is 1.24. The lowest BCUT2D eigenvalue weighted by atomic mass is 10.0. The van der Waals surface area contributed by atoms with E-state index < -0.39 is 6.10 Å². The van der Waals surface area contributed by atoms with Gasteiger partial charge in [0.15, 0.2) is 11.5 Å². The minimum atomic E-state index is -0.654. The molecule has 8 heteroatoms. The molecule has 0 spiro atoms. The smallest absolute Gasteiger partial charge is 0.203 e. The lowest BCUT2D eigenvalue weighted by Gasteiger charge is -2.36. The summed E-state index contributed by atoms with van der Waals surface area (Å²) in [4.78, 5) is 2.15. The number of halogens is 1. The topological polar surface area (TPSA) is 79.8 Å². The van der Waals surface area contributed by atoms with Crippen molar-refractivity contribution in [3.8, 4) is 28.5 Å². The molecule has 5 rings (SSSR count). The third-order valence-electron chi connectivity index (χ3n) is 5.64. The Hall–Kier alpha value is -3.10. The zero-order valence-corrected chi connectivity index (χ0v) is 17.0. The van der Waals surface area contributed by atoms with Gasteiger partial charge < -0.3 is 19.3 Å². The van der Waals surface area contributed by atoms with Gasteiger partial charge in [-0.05, 0) is 30.7 Å². The van der Waals surface area contributed by atoms with Gasteiger partial charge in [-0.15, -0.1) is 0 Å². The van der Waals surface area contributed by atoms with Gasteiger partial charge in [-0.1, -0.05) is 18.2 Å². The number of hydrogen-bond donors (Lipinski definition) is 2. The van der Waals surface area contributed by atoms with Crippen molar-refractivity contribution < 1.29 is 23.7 Å². The molecule has 0 aliphatic carbocycles. The number of nitrogens with zero attached hydrogens (tertiary/aromatic N) is 2. The minimum Gasteiger partial charge on any atom is -0.486 e. The standard InChI is InChI=1S/C23H24FN3O4/c24-17-4-1-3-15(11-17)22-16(12-25-26-22)13-27-8-7-19(18(28)14-27)31-21-6-2-5-20-23(21)30-10-9-29-20/h1-6,11-12,18-19,28H,7-10,13-14H2,(H,25,26)/t18-,19-/m1/s1. The maximum atomic E-state index is 13.6. The van der Waals surface area contributed by atoms with Crippen molar-refractivity contribution >= 4 is 0 Å². The molecule has 2 atom stereocenters. The second-order valence-corrected chi connectivity index (χ2v) is 7.81. The Labute approximate surface area is 179 Å². The first-order chi connectivity index (χ1) is 15.2. The number of aromatic amines is 1. The van der Waals surface area contributed by atoms with Crippen LogP contribution < -0.4 is 14.2 Å². The van der Waals surface area contributed by atoms with Crippen LogP contribution in [-0.4, -0.2) is 58.7 Å². The predicted molar refractivity (Wildman–Crippen MR) is 112 cm³/mol. The van der Waals surface area contributed by atoms with Crippen LogP contribution in [-0.2, 0) is 6.54 Å². The summed E-state index contributed by atoms with van der Waals surface area (Å²) in [6, 6.07) is 12.0.